The van der Waals surface area contributed by atoms with E-state index < -0.39 is 0 Å². The van der Waals surface area contributed by atoms with Crippen LogP contribution in [0, 0.1) is 11.8 Å². The van der Waals surface area contributed by atoms with Crippen LogP contribution in [0.1, 0.15) is 33.1 Å². The van der Waals surface area contributed by atoms with Gasteiger partial charge >= 0.3 is 0 Å². The standard InChI is InChI=1S/C10H15BrN2OS/c1-6-3-7(2)5-8(4-6)14-10-13-12-9(11)15-10/h6-8H,3-5H2,1-2H3. The third-order valence-electron chi connectivity index (χ3n) is 2.78. The topological polar surface area (TPSA) is 35.0 Å². The average Bonchev–Trinajstić information content (AvgIpc) is 2.49. The molecule has 5 heteroatoms. The number of aromatic nitrogens is 2. The first-order valence-electron chi connectivity index (χ1n) is 5.29. The van der Waals surface area contributed by atoms with Gasteiger partial charge in [-0.3, -0.25) is 0 Å². The van der Waals surface area contributed by atoms with Crippen molar-refractivity contribution in [3.05, 3.63) is 3.92 Å². The third-order valence-corrected chi connectivity index (χ3v) is 4.03. The smallest absolute Gasteiger partial charge is 0.295 e. The first kappa shape index (κ1) is 11.3. The predicted molar refractivity (Wildman–Crippen MR) is 64.2 cm³/mol. The van der Waals surface area contributed by atoms with Crippen LogP contribution in [-0.4, -0.2) is 16.3 Å². The van der Waals surface area contributed by atoms with Crippen molar-refractivity contribution in [3.8, 4) is 5.19 Å². The van der Waals surface area contributed by atoms with Crippen molar-refractivity contribution >= 4 is 27.3 Å². The van der Waals surface area contributed by atoms with E-state index in [4.69, 9.17) is 4.74 Å². The van der Waals surface area contributed by atoms with Gasteiger partial charge in [0, 0.05) is 0 Å². The lowest BCUT2D eigenvalue weighted by Gasteiger charge is -2.30. The van der Waals surface area contributed by atoms with Crippen molar-refractivity contribution in [1.29, 1.82) is 0 Å². The summed E-state index contributed by atoms with van der Waals surface area (Å²) in [5.74, 6) is 1.52. The summed E-state index contributed by atoms with van der Waals surface area (Å²) in [6, 6.07) is 0. The van der Waals surface area contributed by atoms with E-state index in [1.165, 1.54) is 17.8 Å². The van der Waals surface area contributed by atoms with Crippen LogP contribution in [0.15, 0.2) is 3.92 Å². The molecule has 84 valence electrons. The first-order chi connectivity index (χ1) is 7.13. The van der Waals surface area contributed by atoms with E-state index in [9.17, 15) is 0 Å². The van der Waals surface area contributed by atoms with E-state index in [0.717, 1.165) is 28.6 Å². The minimum absolute atomic E-state index is 0.323. The molecule has 0 aromatic carbocycles. The lowest BCUT2D eigenvalue weighted by atomic mass is 9.82. The maximum Gasteiger partial charge on any atom is 0.295 e. The molecule has 1 heterocycles. The SMILES string of the molecule is CC1CC(C)CC(Oc2nnc(Br)s2)C1. The van der Waals surface area contributed by atoms with Crippen LogP contribution < -0.4 is 4.74 Å². The summed E-state index contributed by atoms with van der Waals surface area (Å²) in [7, 11) is 0. The monoisotopic (exact) mass is 290 g/mol. The van der Waals surface area contributed by atoms with Crippen molar-refractivity contribution in [2.24, 2.45) is 11.8 Å². The first-order valence-corrected chi connectivity index (χ1v) is 6.90. The average molecular weight is 291 g/mol. The second-order valence-electron chi connectivity index (χ2n) is 4.48. The van der Waals surface area contributed by atoms with Gasteiger partial charge in [-0.05, 0) is 58.4 Å². The zero-order chi connectivity index (χ0) is 10.8. The largest absolute Gasteiger partial charge is 0.466 e. The van der Waals surface area contributed by atoms with Gasteiger partial charge in [-0.25, -0.2) is 0 Å². The van der Waals surface area contributed by atoms with Crippen molar-refractivity contribution in [3.63, 3.8) is 0 Å². The number of hydrogen-bond acceptors (Lipinski definition) is 4. The highest BCUT2D eigenvalue weighted by Crippen LogP contribution is 2.32. The highest BCUT2D eigenvalue weighted by atomic mass is 79.9. The van der Waals surface area contributed by atoms with Gasteiger partial charge in [-0.1, -0.05) is 18.9 Å². The molecular weight excluding hydrogens is 276 g/mol. The Kier molecular flexibility index (Phi) is 3.61. The van der Waals surface area contributed by atoms with E-state index >= 15 is 0 Å². The van der Waals surface area contributed by atoms with E-state index in [1.807, 2.05) is 0 Å². The van der Waals surface area contributed by atoms with Crippen LogP contribution in [0.3, 0.4) is 0 Å². The van der Waals surface area contributed by atoms with E-state index in [2.05, 4.69) is 40.0 Å². The Morgan fingerprint density at radius 2 is 1.87 bits per heavy atom. The number of rotatable bonds is 2. The Balaban J connectivity index is 1.94. The molecule has 2 atom stereocenters. The van der Waals surface area contributed by atoms with Crippen molar-refractivity contribution < 1.29 is 4.74 Å². The van der Waals surface area contributed by atoms with Crippen LogP contribution in [0.25, 0.3) is 0 Å². The quantitative estimate of drug-likeness (QED) is 0.836. The zero-order valence-corrected chi connectivity index (χ0v) is 11.3. The molecule has 0 amide bonds. The van der Waals surface area contributed by atoms with E-state index in [1.54, 1.807) is 0 Å². The van der Waals surface area contributed by atoms with E-state index in [0.29, 0.717) is 11.3 Å². The molecule has 1 aromatic rings. The van der Waals surface area contributed by atoms with Crippen LogP contribution in [0.4, 0.5) is 0 Å². The Morgan fingerprint density at radius 1 is 1.20 bits per heavy atom. The maximum absolute atomic E-state index is 5.83. The molecule has 1 saturated carbocycles. The summed E-state index contributed by atoms with van der Waals surface area (Å²) in [6.45, 7) is 4.59. The molecule has 1 aliphatic carbocycles. The van der Waals surface area contributed by atoms with Gasteiger partial charge in [0.05, 0.1) is 0 Å². The summed E-state index contributed by atoms with van der Waals surface area (Å²) in [6.07, 6.45) is 3.92. The highest BCUT2D eigenvalue weighted by Gasteiger charge is 2.25. The highest BCUT2D eigenvalue weighted by molar-refractivity contribution is 9.11. The predicted octanol–water partition coefficient (Wildman–Crippen LogP) is 3.50. The molecule has 0 radical (unpaired) electrons. The maximum atomic E-state index is 5.83. The molecule has 0 aliphatic heterocycles. The second kappa shape index (κ2) is 4.78. The normalized spacial score (nSPS) is 31.5. The summed E-state index contributed by atoms with van der Waals surface area (Å²) in [5.41, 5.74) is 0. The lowest BCUT2D eigenvalue weighted by Crippen LogP contribution is -2.28. The summed E-state index contributed by atoms with van der Waals surface area (Å²) >= 11 is 4.74. The Bertz CT molecular complexity index is 321. The van der Waals surface area contributed by atoms with Gasteiger partial charge in [0.2, 0.25) is 0 Å². The van der Waals surface area contributed by atoms with Crippen LogP contribution in [0.2, 0.25) is 0 Å². The minimum Gasteiger partial charge on any atom is -0.466 e. The molecule has 2 unspecified atom stereocenters. The molecule has 0 bridgehead atoms. The molecular formula is C10H15BrN2OS. The summed E-state index contributed by atoms with van der Waals surface area (Å²) in [5, 5.41) is 8.53. The summed E-state index contributed by atoms with van der Waals surface area (Å²) in [4.78, 5) is 0. The van der Waals surface area contributed by atoms with Crippen molar-refractivity contribution in [2.45, 2.75) is 39.2 Å². The van der Waals surface area contributed by atoms with Gasteiger partial charge < -0.3 is 4.74 Å². The molecule has 0 spiro atoms. The van der Waals surface area contributed by atoms with Gasteiger partial charge in [0.25, 0.3) is 5.19 Å². The Labute approximate surface area is 102 Å². The van der Waals surface area contributed by atoms with Crippen LogP contribution in [0.5, 0.6) is 5.19 Å². The van der Waals surface area contributed by atoms with Gasteiger partial charge in [0.15, 0.2) is 3.92 Å². The van der Waals surface area contributed by atoms with E-state index in [-0.39, 0.29) is 0 Å². The Morgan fingerprint density at radius 3 is 2.40 bits per heavy atom. The molecule has 0 N–H and O–H groups in total. The third kappa shape index (κ3) is 3.14. The van der Waals surface area contributed by atoms with Crippen LogP contribution in [-0.2, 0) is 0 Å². The molecule has 2 rings (SSSR count). The molecule has 1 aliphatic rings. The van der Waals surface area contributed by atoms with Gasteiger partial charge in [-0.15, -0.1) is 5.10 Å². The molecule has 0 saturated heterocycles. The molecule has 1 fully saturated rings. The molecule has 1 aromatic heterocycles. The second-order valence-corrected chi connectivity index (χ2v) is 6.69. The fraction of sp³-hybridized carbons (Fsp3) is 0.800. The number of nitrogens with zero attached hydrogens (tertiary/aromatic N) is 2. The number of ether oxygens (including phenoxy) is 1. The van der Waals surface area contributed by atoms with Crippen LogP contribution >= 0.6 is 27.3 Å². The lowest BCUT2D eigenvalue weighted by molar-refractivity contribution is 0.1000. The molecule has 15 heavy (non-hydrogen) atoms. The fourth-order valence-electron chi connectivity index (χ4n) is 2.35. The van der Waals surface area contributed by atoms with Crippen molar-refractivity contribution in [1.82, 2.24) is 10.2 Å². The van der Waals surface area contributed by atoms with Crippen molar-refractivity contribution in [2.75, 3.05) is 0 Å². The van der Waals surface area contributed by atoms with Gasteiger partial charge in [-0.2, -0.15) is 0 Å². The fourth-order valence-corrected chi connectivity index (χ4v) is 3.34. The molecule has 3 nitrogen and oxygen atoms in total. The zero-order valence-electron chi connectivity index (χ0n) is 8.94. The number of hydrogen-bond donors (Lipinski definition) is 0. The van der Waals surface area contributed by atoms with Gasteiger partial charge in [0.1, 0.15) is 6.10 Å². The number of halogens is 1. The minimum atomic E-state index is 0.323. The Hall–Kier alpha value is -0.160. The summed E-state index contributed by atoms with van der Waals surface area (Å²) < 4.78 is 6.62.